The molecule has 0 aliphatic heterocycles. The summed E-state index contributed by atoms with van der Waals surface area (Å²) in [4.78, 5) is 9.90. The van der Waals surface area contributed by atoms with Crippen LogP contribution in [0.3, 0.4) is 0 Å². The fourth-order valence-electron chi connectivity index (χ4n) is 2.14. The van der Waals surface area contributed by atoms with Gasteiger partial charge in [-0.15, -0.1) is 0 Å². The van der Waals surface area contributed by atoms with Crippen molar-refractivity contribution in [3.8, 4) is 0 Å². The lowest BCUT2D eigenvalue weighted by atomic mass is 9.94. The number of hydrogen-bond donors (Lipinski definition) is 0. The largest absolute Gasteiger partial charge is 0.286 e. The van der Waals surface area contributed by atoms with Gasteiger partial charge in [0, 0.05) is 0 Å². The van der Waals surface area contributed by atoms with Gasteiger partial charge in [0.25, 0.3) is 0 Å². The molecule has 0 saturated carbocycles. The van der Waals surface area contributed by atoms with Gasteiger partial charge in [-0.1, -0.05) is 64.9 Å². The molecular weight excluding hydrogens is 196 g/mol. The maximum atomic E-state index is 9.90. The predicted octanol–water partition coefficient (Wildman–Crippen LogP) is 4.82. The molecule has 0 heterocycles. The van der Waals surface area contributed by atoms with E-state index in [1.165, 1.54) is 57.4 Å². The quantitative estimate of drug-likeness (QED) is 0.362. The van der Waals surface area contributed by atoms with E-state index >= 15 is 0 Å². The Kier molecular flexibility index (Phi) is 12.0. The molecule has 0 aliphatic rings. The summed E-state index contributed by atoms with van der Waals surface area (Å²) in [5.74, 6) is 0.953. The van der Waals surface area contributed by atoms with Crippen LogP contribution in [0.25, 0.3) is 0 Å². The first kappa shape index (κ1) is 15.4. The van der Waals surface area contributed by atoms with Gasteiger partial charge >= 0.3 is 0 Å². The van der Waals surface area contributed by atoms with Crippen molar-refractivity contribution >= 4 is 6.29 Å². The van der Waals surface area contributed by atoms with E-state index in [2.05, 4.69) is 13.8 Å². The fraction of sp³-hybridized carbons (Fsp3) is 0.800. The van der Waals surface area contributed by atoms with Gasteiger partial charge < -0.3 is 0 Å². The van der Waals surface area contributed by atoms with E-state index in [0.717, 1.165) is 12.3 Å². The van der Waals surface area contributed by atoms with Crippen molar-refractivity contribution in [1.29, 1.82) is 0 Å². The first-order valence-corrected chi connectivity index (χ1v) is 6.87. The third-order valence-corrected chi connectivity index (χ3v) is 3.19. The van der Waals surface area contributed by atoms with Crippen LogP contribution in [0.5, 0.6) is 0 Å². The second-order valence-electron chi connectivity index (χ2n) is 4.57. The molecule has 0 spiro atoms. The highest BCUT2D eigenvalue weighted by molar-refractivity contribution is 5.65. The molecule has 1 nitrogen and oxygen atoms in total. The molecule has 0 saturated heterocycles. The van der Waals surface area contributed by atoms with Crippen molar-refractivity contribution in [3.05, 3.63) is 12.2 Å². The molecule has 1 radical (unpaired) electrons. The molecule has 0 aromatic rings. The van der Waals surface area contributed by atoms with Gasteiger partial charge in [0.2, 0.25) is 6.29 Å². The summed E-state index contributed by atoms with van der Waals surface area (Å²) in [6.07, 6.45) is 16.9. The summed E-state index contributed by atoms with van der Waals surface area (Å²) < 4.78 is 0. The SMILES string of the molecule is CCCC(CC)CCCCCC/C=C/[C]=O. The van der Waals surface area contributed by atoms with E-state index in [-0.39, 0.29) is 0 Å². The Labute approximate surface area is 101 Å². The minimum atomic E-state index is 0.953. The predicted molar refractivity (Wildman–Crippen MR) is 71.2 cm³/mol. The fourth-order valence-corrected chi connectivity index (χ4v) is 2.14. The Balaban J connectivity index is 3.24. The van der Waals surface area contributed by atoms with Gasteiger partial charge in [0.1, 0.15) is 0 Å². The Morgan fingerprint density at radius 3 is 2.44 bits per heavy atom. The van der Waals surface area contributed by atoms with Gasteiger partial charge in [-0.25, -0.2) is 0 Å². The van der Waals surface area contributed by atoms with E-state index in [1.54, 1.807) is 6.29 Å². The number of allylic oxidation sites excluding steroid dienone is 2. The highest BCUT2D eigenvalue weighted by Crippen LogP contribution is 2.19. The molecular formula is C15H27O. The average Bonchev–Trinajstić information content (AvgIpc) is 2.31. The van der Waals surface area contributed by atoms with Crippen molar-refractivity contribution in [3.63, 3.8) is 0 Å². The molecule has 0 aromatic heterocycles. The summed E-state index contributed by atoms with van der Waals surface area (Å²) in [6.45, 7) is 4.58. The highest BCUT2D eigenvalue weighted by atomic mass is 16.1. The molecule has 0 amide bonds. The molecule has 1 atom stereocenters. The van der Waals surface area contributed by atoms with Crippen molar-refractivity contribution < 1.29 is 4.79 Å². The third kappa shape index (κ3) is 9.95. The molecule has 16 heavy (non-hydrogen) atoms. The summed E-state index contributed by atoms with van der Waals surface area (Å²) >= 11 is 0. The molecule has 93 valence electrons. The number of unbranched alkanes of at least 4 members (excludes halogenated alkanes) is 4. The van der Waals surface area contributed by atoms with E-state index in [4.69, 9.17) is 0 Å². The van der Waals surface area contributed by atoms with Crippen molar-refractivity contribution in [2.45, 2.75) is 71.6 Å². The zero-order valence-corrected chi connectivity index (χ0v) is 11.0. The van der Waals surface area contributed by atoms with Crippen LogP contribution < -0.4 is 0 Å². The molecule has 1 unspecified atom stereocenters. The van der Waals surface area contributed by atoms with Crippen LogP contribution in [0.1, 0.15) is 71.6 Å². The van der Waals surface area contributed by atoms with Crippen molar-refractivity contribution in [2.24, 2.45) is 5.92 Å². The smallest absolute Gasteiger partial charge is 0.225 e. The van der Waals surface area contributed by atoms with Crippen LogP contribution in [-0.2, 0) is 4.79 Å². The standard InChI is InChI=1S/C15H27O/c1-3-12-15(4-2)13-10-8-6-5-7-9-11-14-16/h9,11,15H,3-8,10,12-13H2,1-2H3/b11-9+. The summed E-state index contributed by atoms with van der Waals surface area (Å²) in [6, 6.07) is 0. The van der Waals surface area contributed by atoms with Crippen LogP contribution >= 0.6 is 0 Å². The molecule has 1 heteroatoms. The Morgan fingerprint density at radius 1 is 1.06 bits per heavy atom. The molecule has 0 bridgehead atoms. The average molecular weight is 223 g/mol. The lowest BCUT2D eigenvalue weighted by molar-refractivity contribution is 0.409. The maximum absolute atomic E-state index is 9.90. The molecule has 0 rings (SSSR count). The maximum Gasteiger partial charge on any atom is 0.225 e. The van der Waals surface area contributed by atoms with Gasteiger partial charge in [-0.05, 0) is 24.8 Å². The topological polar surface area (TPSA) is 17.1 Å². The number of hydrogen-bond acceptors (Lipinski definition) is 1. The lowest BCUT2D eigenvalue weighted by Crippen LogP contribution is -1.97. The number of carbonyl (C=O) groups excluding carboxylic acids is 1. The minimum Gasteiger partial charge on any atom is -0.286 e. The first-order valence-electron chi connectivity index (χ1n) is 6.87. The second kappa shape index (κ2) is 12.5. The molecule has 0 fully saturated rings. The van der Waals surface area contributed by atoms with Gasteiger partial charge in [-0.2, -0.15) is 0 Å². The molecule has 0 aromatic carbocycles. The van der Waals surface area contributed by atoms with Crippen LogP contribution in [0.2, 0.25) is 0 Å². The number of rotatable bonds is 11. The van der Waals surface area contributed by atoms with Gasteiger partial charge in [-0.3, -0.25) is 4.79 Å². The van der Waals surface area contributed by atoms with E-state index in [9.17, 15) is 4.79 Å². The van der Waals surface area contributed by atoms with Crippen LogP contribution in [-0.4, -0.2) is 6.29 Å². The normalized spacial score (nSPS) is 13.1. The summed E-state index contributed by atoms with van der Waals surface area (Å²) in [5, 5.41) is 0. The van der Waals surface area contributed by atoms with Crippen LogP contribution in [0.4, 0.5) is 0 Å². The Bertz CT molecular complexity index is 172. The Hall–Kier alpha value is -0.590. The van der Waals surface area contributed by atoms with Crippen LogP contribution in [0, 0.1) is 5.92 Å². The highest BCUT2D eigenvalue weighted by Gasteiger charge is 2.03. The van der Waals surface area contributed by atoms with Gasteiger partial charge in [0.15, 0.2) is 0 Å². The van der Waals surface area contributed by atoms with E-state index in [1.807, 2.05) is 6.08 Å². The van der Waals surface area contributed by atoms with Crippen LogP contribution in [0.15, 0.2) is 12.2 Å². The summed E-state index contributed by atoms with van der Waals surface area (Å²) in [7, 11) is 0. The minimum absolute atomic E-state index is 0.953. The lowest BCUT2D eigenvalue weighted by Gasteiger charge is -2.12. The third-order valence-electron chi connectivity index (χ3n) is 3.19. The Morgan fingerprint density at radius 2 is 1.81 bits per heavy atom. The van der Waals surface area contributed by atoms with E-state index in [0.29, 0.717) is 0 Å². The summed E-state index contributed by atoms with van der Waals surface area (Å²) in [5.41, 5.74) is 0. The van der Waals surface area contributed by atoms with E-state index < -0.39 is 0 Å². The molecule has 0 N–H and O–H groups in total. The zero-order chi connectivity index (χ0) is 12.1. The zero-order valence-electron chi connectivity index (χ0n) is 11.0. The second-order valence-corrected chi connectivity index (χ2v) is 4.57. The first-order chi connectivity index (χ1) is 7.85. The van der Waals surface area contributed by atoms with Crippen molar-refractivity contribution in [1.82, 2.24) is 0 Å². The van der Waals surface area contributed by atoms with Gasteiger partial charge in [0.05, 0.1) is 0 Å². The molecule has 0 aliphatic carbocycles. The monoisotopic (exact) mass is 223 g/mol. The van der Waals surface area contributed by atoms with Crippen molar-refractivity contribution in [2.75, 3.05) is 0 Å².